The fourth-order valence-electron chi connectivity index (χ4n) is 0.218. The summed E-state index contributed by atoms with van der Waals surface area (Å²) in [5.41, 5.74) is -0.708. The molecule has 13 heavy (non-hydrogen) atoms. The van der Waals surface area contributed by atoms with Crippen LogP contribution in [0.1, 0.15) is 6.92 Å². The molecule has 0 rings (SSSR count). The summed E-state index contributed by atoms with van der Waals surface area (Å²) in [4.78, 5) is 0. The summed E-state index contributed by atoms with van der Waals surface area (Å²) in [6.07, 6.45) is 2.62. The lowest BCUT2D eigenvalue weighted by atomic mass is 9.95. The standard InChI is InChI=1S/C5H12O3.C4H6O/c1-5(2-6,3-7)4-8;1-3-5-4-2/h6-8H,2-4H2,1H3;3-4H,1-2H2. The van der Waals surface area contributed by atoms with Crippen LogP contribution in [0.2, 0.25) is 0 Å². The zero-order valence-corrected chi connectivity index (χ0v) is 7.94. The van der Waals surface area contributed by atoms with E-state index in [0.29, 0.717) is 0 Å². The first-order valence-electron chi connectivity index (χ1n) is 3.80. The Morgan fingerprint density at radius 3 is 1.38 bits per heavy atom. The summed E-state index contributed by atoms with van der Waals surface area (Å²) in [5.74, 6) is 0. The molecule has 0 unspecified atom stereocenters. The normalized spacial score (nSPS) is 9.54. The Kier molecular flexibility index (Phi) is 10.4. The molecule has 0 heterocycles. The van der Waals surface area contributed by atoms with Crippen molar-refractivity contribution < 1.29 is 20.1 Å². The molecule has 0 bridgehead atoms. The molecule has 78 valence electrons. The topological polar surface area (TPSA) is 69.9 Å². The molecule has 0 aliphatic rings. The molecule has 0 aromatic rings. The summed E-state index contributed by atoms with van der Waals surface area (Å²) in [7, 11) is 0. The smallest absolute Gasteiger partial charge is 0.0829 e. The van der Waals surface area contributed by atoms with Crippen molar-refractivity contribution in [3.05, 3.63) is 25.7 Å². The maximum absolute atomic E-state index is 8.47. The van der Waals surface area contributed by atoms with Gasteiger partial charge in [-0.15, -0.1) is 0 Å². The van der Waals surface area contributed by atoms with Crippen molar-refractivity contribution in [3.8, 4) is 0 Å². The molecule has 0 radical (unpaired) electrons. The van der Waals surface area contributed by atoms with Crippen LogP contribution in [0.3, 0.4) is 0 Å². The van der Waals surface area contributed by atoms with Crippen LogP contribution in [0.25, 0.3) is 0 Å². The maximum atomic E-state index is 8.47. The maximum Gasteiger partial charge on any atom is 0.0829 e. The number of aliphatic hydroxyl groups excluding tert-OH is 3. The first-order chi connectivity index (χ1) is 6.10. The fraction of sp³-hybridized carbons (Fsp3) is 0.556. The van der Waals surface area contributed by atoms with Gasteiger partial charge in [0.15, 0.2) is 0 Å². The summed E-state index contributed by atoms with van der Waals surface area (Å²) >= 11 is 0. The van der Waals surface area contributed by atoms with Crippen LogP contribution in [0.5, 0.6) is 0 Å². The van der Waals surface area contributed by atoms with E-state index in [1.54, 1.807) is 6.92 Å². The van der Waals surface area contributed by atoms with E-state index in [-0.39, 0.29) is 19.8 Å². The third kappa shape index (κ3) is 9.07. The minimum atomic E-state index is -0.708. The Labute approximate surface area is 78.8 Å². The molecule has 4 heteroatoms. The number of aliphatic hydroxyl groups is 3. The molecule has 0 saturated heterocycles. The molecule has 4 nitrogen and oxygen atoms in total. The van der Waals surface area contributed by atoms with Crippen LogP contribution in [0.4, 0.5) is 0 Å². The molecule has 0 aliphatic heterocycles. The SMILES string of the molecule is C=COC=C.CC(CO)(CO)CO. The third-order valence-corrected chi connectivity index (χ3v) is 1.34. The van der Waals surface area contributed by atoms with Crippen molar-refractivity contribution in [2.45, 2.75) is 6.92 Å². The minimum absolute atomic E-state index is 0.181. The highest BCUT2D eigenvalue weighted by Crippen LogP contribution is 2.10. The lowest BCUT2D eigenvalue weighted by molar-refractivity contribution is 0.0200. The second kappa shape index (κ2) is 9.25. The second-order valence-electron chi connectivity index (χ2n) is 2.75. The lowest BCUT2D eigenvalue weighted by Gasteiger charge is -2.20. The van der Waals surface area contributed by atoms with Crippen molar-refractivity contribution in [1.82, 2.24) is 0 Å². The van der Waals surface area contributed by atoms with Gasteiger partial charge in [0.2, 0.25) is 0 Å². The molecule has 0 aliphatic carbocycles. The van der Waals surface area contributed by atoms with Gasteiger partial charge in [0.25, 0.3) is 0 Å². The Bertz CT molecular complexity index is 115. The van der Waals surface area contributed by atoms with Crippen molar-refractivity contribution in [2.75, 3.05) is 19.8 Å². The zero-order chi connectivity index (χ0) is 10.7. The number of hydrogen-bond acceptors (Lipinski definition) is 4. The average molecular weight is 190 g/mol. The van der Waals surface area contributed by atoms with Gasteiger partial charge in [-0.1, -0.05) is 20.1 Å². The number of hydrogen-bond donors (Lipinski definition) is 3. The summed E-state index contributed by atoms with van der Waals surface area (Å²) in [5, 5.41) is 25.4. The Balaban J connectivity index is 0. The van der Waals surface area contributed by atoms with Gasteiger partial charge in [0, 0.05) is 5.41 Å². The Hall–Kier alpha value is -0.840. The zero-order valence-electron chi connectivity index (χ0n) is 7.94. The fourth-order valence-corrected chi connectivity index (χ4v) is 0.218. The molecule has 0 aromatic carbocycles. The van der Waals surface area contributed by atoms with Gasteiger partial charge in [-0.05, 0) is 0 Å². The Morgan fingerprint density at radius 2 is 1.38 bits per heavy atom. The predicted molar refractivity (Wildman–Crippen MR) is 50.8 cm³/mol. The van der Waals surface area contributed by atoms with Gasteiger partial charge in [-0.3, -0.25) is 0 Å². The van der Waals surface area contributed by atoms with E-state index in [4.69, 9.17) is 15.3 Å². The molecule has 0 fully saturated rings. The molecule has 3 N–H and O–H groups in total. The van der Waals surface area contributed by atoms with E-state index in [0.717, 1.165) is 0 Å². The van der Waals surface area contributed by atoms with Crippen LogP contribution in [0, 0.1) is 5.41 Å². The van der Waals surface area contributed by atoms with Crippen molar-refractivity contribution >= 4 is 0 Å². The third-order valence-electron chi connectivity index (χ3n) is 1.34. The van der Waals surface area contributed by atoms with Crippen LogP contribution < -0.4 is 0 Å². The summed E-state index contributed by atoms with van der Waals surface area (Å²) < 4.78 is 4.36. The first kappa shape index (κ1) is 14.7. The molecule has 0 atom stereocenters. The first-order valence-corrected chi connectivity index (χ1v) is 3.80. The predicted octanol–water partition coefficient (Wildman–Crippen LogP) is 0.260. The van der Waals surface area contributed by atoms with E-state index >= 15 is 0 Å². The molecule has 0 amide bonds. The van der Waals surface area contributed by atoms with E-state index in [9.17, 15) is 0 Å². The van der Waals surface area contributed by atoms with Gasteiger partial charge >= 0.3 is 0 Å². The molecule has 0 saturated carbocycles. The van der Waals surface area contributed by atoms with Gasteiger partial charge < -0.3 is 20.1 Å². The highest BCUT2D eigenvalue weighted by atomic mass is 16.5. The summed E-state index contributed by atoms with van der Waals surface area (Å²) in [6, 6.07) is 0. The highest BCUT2D eigenvalue weighted by Gasteiger charge is 2.20. The second-order valence-corrected chi connectivity index (χ2v) is 2.75. The molecule has 0 aromatic heterocycles. The minimum Gasteiger partial charge on any atom is -0.474 e. The van der Waals surface area contributed by atoms with Gasteiger partial charge in [-0.25, -0.2) is 0 Å². The van der Waals surface area contributed by atoms with Crippen LogP contribution in [-0.2, 0) is 4.74 Å². The van der Waals surface area contributed by atoms with Crippen LogP contribution in [0.15, 0.2) is 25.7 Å². The number of rotatable bonds is 5. The van der Waals surface area contributed by atoms with Crippen molar-refractivity contribution in [1.29, 1.82) is 0 Å². The largest absolute Gasteiger partial charge is 0.474 e. The highest BCUT2D eigenvalue weighted by molar-refractivity contribution is 4.69. The van der Waals surface area contributed by atoms with E-state index in [1.807, 2.05) is 0 Å². The summed E-state index contributed by atoms with van der Waals surface area (Å²) in [6.45, 7) is 7.58. The Morgan fingerprint density at radius 1 is 1.08 bits per heavy atom. The van der Waals surface area contributed by atoms with Crippen LogP contribution >= 0.6 is 0 Å². The lowest BCUT2D eigenvalue weighted by Crippen LogP contribution is -2.29. The van der Waals surface area contributed by atoms with Gasteiger partial charge in [0.05, 0.1) is 32.3 Å². The van der Waals surface area contributed by atoms with Gasteiger partial charge in [0.1, 0.15) is 0 Å². The molecule has 0 spiro atoms. The van der Waals surface area contributed by atoms with E-state index in [2.05, 4.69) is 17.9 Å². The van der Waals surface area contributed by atoms with Crippen molar-refractivity contribution in [2.24, 2.45) is 5.41 Å². The average Bonchev–Trinajstić information content (AvgIpc) is 2.19. The van der Waals surface area contributed by atoms with Gasteiger partial charge in [-0.2, -0.15) is 0 Å². The van der Waals surface area contributed by atoms with Crippen molar-refractivity contribution in [3.63, 3.8) is 0 Å². The monoisotopic (exact) mass is 190 g/mol. The quantitative estimate of drug-likeness (QED) is 0.544. The van der Waals surface area contributed by atoms with E-state index in [1.165, 1.54) is 12.5 Å². The molecular formula is C9H18O4. The van der Waals surface area contributed by atoms with Crippen LogP contribution in [-0.4, -0.2) is 35.1 Å². The molecular weight excluding hydrogens is 172 g/mol. The number of ether oxygens (including phenoxy) is 1. The van der Waals surface area contributed by atoms with E-state index < -0.39 is 5.41 Å².